The van der Waals surface area contributed by atoms with E-state index in [1.54, 1.807) is 24.3 Å². The fraction of sp³-hybridized carbons (Fsp3) is 0. The first-order valence-electron chi connectivity index (χ1n) is 8.88. The zero-order valence-corrected chi connectivity index (χ0v) is 17.2. The van der Waals surface area contributed by atoms with Gasteiger partial charge in [-0.1, -0.05) is 46.3 Å². The molecule has 0 atom stereocenters. The van der Waals surface area contributed by atoms with Gasteiger partial charge in [-0.3, -0.25) is 4.79 Å². The largest absolute Gasteiger partial charge is 0.508 e. The first-order valence-corrected chi connectivity index (χ1v) is 9.67. The van der Waals surface area contributed by atoms with Gasteiger partial charge in [-0.05, 0) is 54.1 Å². The van der Waals surface area contributed by atoms with Crippen molar-refractivity contribution in [2.24, 2.45) is 5.10 Å². The van der Waals surface area contributed by atoms with E-state index in [0.717, 1.165) is 10.0 Å². The van der Waals surface area contributed by atoms with Crippen molar-refractivity contribution in [3.05, 3.63) is 100 Å². The summed E-state index contributed by atoms with van der Waals surface area (Å²) in [5, 5.41) is 13.2. The molecule has 30 heavy (non-hydrogen) atoms. The van der Waals surface area contributed by atoms with Crippen molar-refractivity contribution in [1.29, 1.82) is 0 Å². The molecule has 3 aromatic carbocycles. The van der Waals surface area contributed by atoms with E-state index >= 15 is 0 Å². The molecule has 3 rings (SSSR count). The molecule has 0 aliphatic heterocycles. The number of nitrogens with zero attached hydrogens (tertiary/aromatic N) is 1. The van der Waals surface area contributed by atoms with Gasteiger partial charge < -0.3 is 9.84 Å². The van der Waals surface area contributed by atoms with Crippen LogP contribution in [0.25, 0.3) is 6.08 Å². The number of rotatable bonds is 6. The lowest BCUT2D eigenvalue weighted by Crippen LogP contribution is -2.17. The maximum Gasteiger partial charge on any atom is 0.336 e. The number of phenols is 1. The second-order valence-electron chi connectivity index (χ2n) is 6.09. The molecule has 150 valence electrons. The van der Waals surface area contributed by atoms with Crippen LogP contribution in [0.3, 0.4) is 0 Å². The second-order valence-corrected chi connectivity index (χ2v) is 7.01. The van der Waals surface area contributed by atoms with Crippen LogP contribution < -0.4 is 10.2 Å². The quantitative estimate of drug-likeness (QED) is 0.184. The van der Waals surface area contributed by atoms with E-state index in [9.17, 15) is 14.7 Å². The number of phenolic OH excluding ortho intramolecular Hbond substituents is 1. The average molecular weight is 465 g/mol. The van der Waals surface area contributed by atoms with E-state index in [4.69, 9.17) is 4.74 Å². The third-order valence-electron chi connectivity index (χ3n) is 3.89. The average Bonchev–Trinajstić information content (AvgIpc) is 2.75. The Morgan fingerprint density at radius 1 is 1.00 bits per heavy atom. The highest BCUT2D eigenvalue weighted by Crippen LogP contribution is 2.22. The lowest BCUT2D eigenvalue weighted by Gasteiger charge is -2.06. The number of halogens is 1. The summed E-state index contributed by atoms with van der Waals surface area (Å²) in [7, 11) is 0. The summed E-state index contributed by atoms with van der Waals surface area (Å²) >= 11 is 3.36. The normalized spacial score (nSPS) is 11.0. The molecule has 0 aromatic heterocycles. The fourth-order valence-electron chi connectivity index (χ4n) is 2.42. The van der Waals surface area contributed by atoms with Crippen LogP contribution in [0, 0.1) is 0 Å². The minimum atomic E-state index is -0.538. The zero-order valence-electron chi connectivity index (χ0n) is 15.7. The molecular formula is C23H17BrN2O4. The molecule has 3 aromatic rings. The molecule has 0 aliphatic rings. The highest BCUT2D eigenvalue weighted by Gasteiger charge is 2.08. The Bertz CT molecular complexity index is 1090. The summed E-state index contributed by atoms with van der Waals surface area (Å²) in [4.78, 5) is 24.2. The van der Waals surface area contributed by atoms with Crippen LogP contribution in [0.5, 0.6) is 11.5 Å². The van der Waals surface area contributed by atoms with E-state index in [2.05, 4.69) is 26.5 Å². The zero-order chi connectivity index (χ0) is 21.3. The van der Waals surface area contributed by atoms with Crippen molar-refractivity contribution in [2.75, 3.05) is 0 Å². The van der Waals surface area contributed by atoms with Crippen molar-refractivity contribution in [3.8, 4) is 11.5 Å². The van der Waals surface area contributed by atoms with Gasteiger partial charge in [0, 0.05) is 21.7 Å². The molecule has 0 saturated carbocycles. The molecule has 0 heterocycles. The van der Waals surface area contributed by atoms with E-state index in [0.29, 0.717) is 16.9 Å². The van der Waals surface area contributed by atoms with Gasteiger partial charge in [0.15, 0.2) is 0 Å². The number of benzene rings is 3. The van der Waals surface area contributed by atoms with E-state index in [1.807, 2.05) is 30.3 Å². The van der Waals surface area contributed by atoms with Crippen molar-refractivity contribution in [2.45, 2.75) is 0 Å². The van der Waals surface area contributed by atoms with Gasteiger partial charge >= 0.3 is 5.97 Å². The Hall–Kier alpha value is -3.71. The molecule has 7 heteroatoms. The predicted molar refractivity (Wildman–Crippen MR) is 118 cm³/mol. The van der Waals surface area contributed by atoms with Crippen molar-refractivity contribution in [3.63, 3.8) is 0 Å². The third-order valence-corrected chi connectivity index (χ3v) is 4.39. The van der Waals surface area contributed by atoms with Gasteiger partial charge in [0.05, 0.1) is 6.21 Å². The van der Waals surface area contributed by atoms with Crippen LogP contribution in [0.1, 0.15) is 21.5 Å². The molecule has 0 fully saturated rings. The number of carbonyl (C=O) groups is 2. The van der Waals surface area contributed by atoms with Crippen LogP contribution >= 0.6 is 15.9 Å². The molecule has 0 bridgehead atoms. The van der Waals surface area contributed by atoms with Gasteiger partial charge in [0.25, 0.3) is 5.91 Å². The van der Waals surface area contributed by atoms with Gasteiger partial charge in [0.2, 0.25) is 0 Å². The van der Waals surface area contributed by atoms with E-state index in [1.165, 1.54) is 36.6 Å². The Balaban J connectivity index is 1.67. The van der Waals surface area contributed by atoms with Crippen LogP contribution in [0.2, 0.25) is 0 Å². The van der Waals surface area contributed by atoms with Crippen molar-refractivity contribution in [1.82, 2.24) is 5.43 Å². The number of carbonyl (C=O) groups excluding carboxylic acids is 2. The molecule has 2 N–H and O–H groups in total. The number of esters is 1. The smallest absolute Gasteiger partial charge is 0.336 e. The first kappa shape index (κ1) is 21.0. The lowest BCUT2D eigenvalue weighted by molar-refractivity contribution is -0.128. The van der Waals surface area contributed by atoms with Gasteiger partial charge in [0.1, 0.15) is 11.5 Å². The molecule has 1 amide bonds. The number of ether oxygens (including phenoxy) is 1. The molecule has 6 nitrogen and oxygen atoms in total. The lowest BCUT2D eigenvalue weighted by atomic mass is 10.2. The van der Waals surface area contributed by atoms with Crippen molar-refractivity contribution >= 4 is 40.1 Å². The summed E-state index contributed by atoms with van der Waals surface area (Å²) in [5.74, 6) is -0.616. The number of hydrogen-bond acceptors (Lipinski definition) is 5. The van der Waals surface area contributed by atoms with Crippen LogP contribution in [0.15, 0.2) is 88.4 Å². The Morgan fingerprint density at radius 3 is 2.47 bits per heavy atom. The van der Waals surface area contributed by atoms with Crippen LogP contribution in [0.4, 0.5) is 0 Å². The summed E-state index contributed by atoms with van der Waals surface area (Å²) in [6, 6.07) is 20.2. The fourth-order valence-corrected chi connectivity index (χ4v) is 2.80. The van der Waals surface area contributed by atoms with E-state index < -0.39 is 11.9 Å². The number of nitrogens with one attached hydrogen (secondary N) is 1. The van der Waals surface area contributed by atoms with Crippen LogP contribution in [-0.2, 0) is 4.79 Å². The Labute approximate surface area is 181 Å². The molecular weight excluding hydrogens is 448 g/mol. The van der Waals surface area contributed by atoms with Gasteiger partial charge in [-0.25, -0.2) is 10.2 Å². The highest BCUT2D eigenvalue weighted by atomic mass is 79.9. The number of amides is 1. The molecule has 0 aliphatic carbocycles. The monoisotopic (exact) mass is 464 g/mol. The number of aromatic hydroxyl groups is 1. The molecule has 0 radical (unpaired) electrons. The highest BCUT2D eigenvalue weighted by molar-refractivity contribution is 9.10. The van der Waals surface area contributed by atoms with Gasteiger partial charge in [-0.15, -0.1) is 0 Å². The first-order chi connectivity index (χ1) is 14.5. The van der Waals surface area contributed by atoms with Crippen LogP contribution in [-0.4, -0.2) is 23.2 Å². The molecule has 0 unspecified atom stereocenters. The summed E-state index contributed by atoms with van der Waals surface area (Å²) < 4.78 is 6.16. The van der Waals surface area contributed by atoms with Gasteiger partial charge in [-0.2, -0.15) is 5.10 Å². The molecule has 0 saturated heterocycles. The Morgan fingerprint density at radius 2 is 1.73 bits per heavy atom. The standard InChI is InChI=1S/C23H17BrN2O4/c24-19-9-12-21(30-22(28)13-6-16-4-2-1-3-5-16)18(14-19)15-25-26-23(29)17-7-10-20(27)11-8-17/h1-15,27H,(H,26,29)/b13-6+,25-15+. The minimum Gasteiger partial charge on any atom is -0.508 e. The summed E-state index contributed by atoms with van der Waals surface area (Å²) in [5.41, 5.74) is 4.11. The van der Waals surface area contributed by atoms with E-state index in [-0.39, 0.29) is 5.75 Å². The topological polar surface area (TPSA) is 88.0 Å². The maximum atomic E-state index is 12.2. The summed E-state index contributed by atoms with van der Waals surface area (Å²) in [6.07, 6.45) is 4.38. The SMILES string of the molecule is O=C(/C=C/c1ccccc1)Oc1ccc(Br)cc1/C=N/NC(=O)c1ccc(O)cc1. The predicted octanol–water partition coefficient (Wildman–Crippen LogP) is 4.54. The maximum absolute atomic E-state index is 12.2. The third kappa shape index (κ3) is 6.15. The Kier molecular flexibility index (Phi) is 7.13. The van der Waals surface area contributed by atoms with Crippen molar-refractivity contribution < 1.29 is 19.4 Å². The number of hydrazone groups is 1. The summed E-state index contributed by atoms with van der Waals surface area (Å²) in [6.45, 7) is 0. The minimum absolute atomic E-state index is 0.0666. The number of hydrogen-bond donors (Lipinski definition) is 2. The second kappa shape index (κ2) is 10.2. The molecule has 0 spiro atoms.